The fourth-order valence-corrected chi connectivity index (χ4v) is 2.72. The van der Waals surface area contributed by atoms with Gasteiger partial charge in [0.05, 0.1) is 6.20 Å². The van der Waals surface area contributed by atoms with Crippen molar-refractivity contribution < 1.29 is 0 Å². The average molecular weight is 261 g/mol. The lowest BCUT2D eigenvalue weighted by atomic mass is 10.0. The number of hydrogen-bond donors (Lipinski definition) is 1. The van der Waals surface area contributed by atoms with Crippen LogP contribution in [0.2, 0.25) is 0 Å². The standard InChI is InChI=1S/C17H15N3/c1-2-4-13-9-14(6-5-12(13)3-1)15-10-16(15)20-17-11-18-7-8-19-17/h1-9,11,15-16H,10H2,(H,19,20)/t15-,16+/m0/s1. The van der Waals surface area contributed by atoms with Gasteiger partial charge in [-0.25, -0.2) is 4.98 Å². The Bertz CT molecular complexity index is 739. The van der Waals surface area contributed by atoms with Crippen molar-refractivity contribution >= 4 is 16.6 Å². The van der Waals surface area contributed by atoms with Crippen molar-refractivity contribution in [1.29, 1.82) is 0 Å². The van der Waals surface area contributed by atoms with Gasteiger partial charge in [0.25, 0.3) is 0 Å². The lowest BCUT2D eigenvalue weighted by molar-refractivity contribution is 1.02. The molecule has 2 aromatic carbocycles. The first-order valence-electron chi connectivity index (χ1n) is 6.91. The molecule has 3 heteroatoms. The molecule has 1 aliphatic carbocycles. The normalized spacial score (nSPS) is 20.8. The molecule has 2 atom stereocenters. The number of fused-ring (bicyclic) bond motifs is 1. The van der Waals surface area contributed by atoms with Crippen molar-refractivity contribution in [3.05, 3.63) is 66.6 Å². The summed E-state index contributed by atoms with van der Waals surface area (Å²) in [4.78, 5) is 8.34. The lowest BCUT2D eigenvalue weighted by Gasteiger charge is -2.05. The molecule has 1 aliphatic rings. The molecule has 1 saturated carbocycles. The Morgan fingerprint density at radius 1 is 1.00 bits per heavy atom. The Morgan fingerprint density at radius 2 is 1.90 bits per heavy atom. The summed E-state index contributed by atoms with van der Waals surface area (Å²) in [6.07, 6.45) is 6.35. The number of anilines is 1. The van der Waals surface area contributed by atoms with Crippen LogP contribution in [-0.2, 0) is 0 Å². The minimum absolute atomic E-state index is 0.480. The Hall–Kier alpha value is -2.42. The highest BCUT2D eigenvalue weighted by atomic mass is 15.1. The number of benzene rings is 2. The summed E-state index contributed by atoms with van der Waals surface area (Å²) in [5, 5.41) is 6.06. The van der Waals surface area contributed by atoms with Crippen LogP contribution in [0.3, 0.4) is 0 Å². The fraction of sp³-hybridized carbons (Fsp3) is 0.176. The van der Waals surface area contributed by atoms with Crippen molar-refractivity contribution in [2.24, 2.45) is 0 Å². The molecule has 0 saturated heterocycles. The van der Waals surface area contributed by atoms with Crippen LogP contribution >= 0.6 is 0 Å². The van der Waals surface area contributed by atoms with Gasteiger partial charge in [0.1, 0.15) is 5.82 Å². The lowest BCUT2D eigenvalue weighted by Crippen LogP contribution is -2.05. The predicted octanol–water partition coefficient (Wildman–Crippen LogP) is 3.60. The van der Waals surface area contributed by atoms with Gasteiger partial charge in [0, 0.05) is 24.4 Å². The zero-order valence-corrected chi connectivity index (χ0v) is 11.0. The molecule has 4 rings (SSSR count). The topological polar surface area (TPSA) is 37.8 Å². The summed E-state index contributed by atoms with van der Waals surface area (Å²) in [6, 6.07) is 15.7. The summed E-state index contributed by atoms with van der Waals surface area (Å²) < 4.78 is 0. The maximum absolute atomic E-state index is 4.26. The largest absolute Gasteiger partial charge is 0.365 e. The molecular formula is C17H15N3. The predicted molar refractivity (Wildman–Crippen MR) is 80.7 cm³/mol. The average Bonchev–Trinajstić information content (AvgIpc) is 3.27. The van der Waals surface area contributed by atoms with Crippen LogP contribution in [0.15, 0.2) is 61.1 Å². The molecule has 0 unspecified atom stereocenters. The molecule has 0 amide bonds. The van der Waals surface area contributed by atoms with Crippen LogP contribution in [0.1, 0.15) is 17.9 Å². The van der Waals surface area contributed by atoms with E-state index in [4.69, 9.17) is 0 Å². The van der Waals surface area contributed by atoms with E-state index in [9.17, 15) is 0 Å². The third kappa shape index (κ3) is 2.11. The van der Waals surface area contributed by atoms with E-state index in [-0.39, 0.29) is 0 Å². The second-order valence-corrected chi connectivity index (χ2v) is 5.29. The van der Waals surface area contributed by atoms with Crippen molar-refractivity contribution in [3.63, 3.8) is 0 Å². The van der Waals surface area contributed by atoms with Crippen LogP contribution in [0.4, 0.5) is 5.82 Å². The number of aromatic nitrogens is 2. The third-order valence-electron chi connectivity index (χ3n) is 3.89. The van der Waals surface area contributed by atoms with Crippen molar-refractivity contribution in [2.45, 2.75) is 18.4 Å². The molecule has 98 valence electrons. The van der Waals surface area contributed by atoms with E-state index in [2.05, 4.69) is 57.7 Å². The smallest absolute Gasteiger partial charge is 0.144 e. The molecule has 3 aromatic rings. The van der Waals surface area contributed by atoms with Crippen molar-refractivity contribution in [1.82, 2.24) is 9.97 Å². The van der Waals surface area contributed by atoms with E-state index in [1.165, 1.54) is 16.3 Å². The minimum atomic E-state index is 0.480. The highest BCUT2D eigenvalue weighted by molar-refractivity contribution is 5.83. The third-order valence-corrected chi connectivity index (χ3v) is 3.89. The molecule has 0 aliphatic heterocycles. The second-order valence-electron chi connectivity index (χ2n) is 5.29. The van der Waals surface area contributed by atoms with Gasteiger partial charge in [-0.05, 0) is 22.8 Å². The summed E-state index contributed by atoms with van der Waals surface area (Å²) in [6.45, 7) is 0. The van der Waals surface area contributed by atoms with Crippen LogP contribution in [0, 0.1) is 0 Å². The molecule has 1 aromatic heterocycles. The SMILES string of the molecule is c1ccc2cc([C@@H]3C[C@H]3Nc3cnccn3)ccc2c1. The van der Waals surface area contributed by atoms with Gasteiger partial charge in [-0.1, -0.05) is 42.5 Å². The molecule has 1 N–H and O–H groups in total. The summed E-state index contributed by atoms with van der Waals surface area (Å²) in [5.41, 5.74) is 1.41. The van der Waals surface area contributed by atoms with Crippen LogP contribution in [0.25, 0.3) is 10.8 Å². The Morgan fingerprint density at radius 3 is 2.75 bits per heavy atom. The molecule has 0 spiro atoms. The van der Waals surface area contributed by atoms with Crippen molar-refractivity contribution in [2.75, 3.05) is 5.32 Å². The van der Waals surface area contributed by atoms with Crippen LogP contribution in [-0.4, -0.2) is 16.0 Å². The molecular weight excluding hydrogens is 246 g/mol. The summed E-state index contributed by atoms with van der Waals surface area (Å²) >= 11 is 0. The zero-order valence-electron chi connectivity index (χ0n) is 11.0. The first-order chi connectivity index (χ1) is 9.90. The van der Waals surface area contributed by atoms with Gasteiger partial charge < -0.3 is 5.32 Å². The highest BCUT2D eigenvalue weighted by Crippen LogP contribution is 2.43. The molecule has 20 heavy (non-hydrogen) atoms. The first-order valence-corrected chi connectivity index (χ1v) is 6.91. The van der Waals surface area contributed by atoms with Gasteiger partial charge in [0.2, 0.25) is 0 Å². The summed E-state index contributed by atoms with van der Waals surface area (Å²) in [5.74, 6) is 1.45. The summed E-state index contributed by atoms with van der Waals surface area (Å²) in [7, 11) is 0. The maximum atomic E-state index is 4.26. The monoisotopic (exact) mass is 261 g/mol. The number of hydrogen-bond acceptors (Lipinski definition) is 3. The quantitative estimate of drug-likeness (QED) is 0.782. The van der Waals surface area contributed by atoms with Crippen LogP contribution < -0.4 is 5.32 Å². The Kier molecular flexibility index (Phi) is 2.62. The molecule has 3 nitrogen and oxygen atoms in total. The van der Waals surface area contributed by atoms with Gasteiger partial charge in [-0.2, -0.15) is 0 Å². The molecule has 1 fully saturated rings. The molecule has 1 heterocycles. The second kappa shape index (κ2) is 4.60. The number of nitrogens with one attached hydrogen (secondary N) is 1. The number of nitrogens with zero attached hydrogens (tertiary/aromatic N) is 2. The van der Waals surface area contributed by atoms with E-state index >= 15 is 0 Å². The van der Waals surface area contributed by atoms with E-state index < -0.39 is 0 Å². The first kappa shape index (κ1) is 11.4. The molecule has 0 radical (unpaired) electrons. The van der Waals surface area contributed by atoms with E-state index in [1.54, 1.807) is 18.6 Å². The highest BCUT2D eigenvalue weighted by Gasteiger charge is 2.38. The van der Waals surface area contributed by atoms with E-state index in [0.29, 0.717) is 12.0 Å². The number of rotatable bonds is 3. The zero-order chi connectivity index (χ0) is 13.4. The minimum Gasteiger partial charge on any atom is -0.365 e. The van der Waals surface area contributed by atoms with Gasteiger partial charge in [-0.3, -0.25) is 4.98 Å². The van der Waals surface area contributed by atoms with E-state index in [1.807, 2.05) is 0 Å². The van der Waals surface area contributed by atoms with Gasteiger partial charge in [0.15, 0.2) is 0 Å². The van der Waals surface area contributed by atoms with E-state index in [0.717, 1.165) is 12.2 Å². The van der Waals surface area contributed by atoms with Gasteiger partial charge in [-0.15, -0.1) is 0 Å². The molecule has 0 bridgehead atoms. The van der Waals surface area contributed by atoms with Gasteiger partial charge >= 0.3 is 0 Å². The Labute approximate surface area is 117 Å². The van der Waals surface area contributed by atoms with Crippen molar-refractivity contribution in [3.8, 4) is 0 Å². The van der Waals surface area contributed by atoms with Crippen LogP contribution in [0.5, 0.6) is 0 Å². The Balaban J connectivity index is 1.54. The fourth-order valence-electron chi connectivity index (χ4n) is 2.72. The maximum Gasteiger partial charge on any atom is 0.144 e.